The molecule has 0 saturated carbocycles. The molecule has 0 aliphatic heterocycles. The molecule has 6 aromatic carbocycles. The van der Waals surface area contributed by atoms with Crippen LogP contribution in [0.3, 0.4) is 0 Å². The Hall–Kier alpha value is -4.02. The van der Waals surface area contributed by atoms with Crippen LogP contribution in [0.25, 0.3) is 0 Å². The van der Waals surface area contributed by atoms with Gasteiger partial charge in [0, 0.05) is 0 Å². The van der Waals surface area contributed by atoms with E-state index in [0.29, 0.717) is 0 Å². The Morgan fingerprint density at radius 2 is 0.564 bits per heavy atom. The largest absolute Gasteiger partial charge is 0.457 e. The zero-order valence-electron chi connectivity index (χ0n) is 21.5. The van der Waals surface area contributed by atoms with Gasteiger partial charge in [0.1, 0.15) is 11.5 Å². The van der Waals surface area contributed by atoms with E-state index in [4.69, 9.17) is 4.74 Å². The minimum Gasteiger partial charge on any atom is -0.457 e. The Labute approximate surface area is 233 Å². The predicted molar refractivity (Wildman–Crippen MR) is 170 cm³/mol. The molecule has 6 aromatic rings. The van der Waals surface area contributed by atoms with E-state index in [9.17, 15) is 0 Å². The number of ether oxygens (including phenoxy) is 1. The lowest BCUT2D eigenvalue weighted by Gasteiger charge is -2.21. The van der Waals surface area contributed by atoms with Crippen LogP contribution in [0, 0.1) is 0 Å². The van der Waals surface area contributed by atoms with E-state index in [1.807, 2.05) is 0 Å². The summed E-state index contributed by atoms with van der Waals surface area (Å²) in [5.74, 6) is 1.71. The van der Waals surface area contributed by atoms with Gasteiger partial charge in [0.15, 0.2) is 0 Å². The summed E-state index contributed by atoms with van der Waals surface area (Å²) in [4.78, 5) is 0. The van der Waals surface area contributed by atoms with Crippen LogP contribution in [-0.4, -0.2) is 0 Å². The van der Waals surface area contributed by atoms with Crippen LogP contribution < -0.4 is 36.6 Å². The quantitative estimate of drug-likeness (QED) is 0.190. The second kappa shape index (κ2) is 12.2. The van der Waals surface area contributed by atoms with Gasteiger partial charge in [-0.3, -0.25) is 0 Å². The van der Waals surface area contributed by atoms with Crippen LogP contribution in [-0.2, 0) is 0 Å². The minimum atomic E-state index is -0.691. The average Bonchev–Trinajstić information content (AvgIpc) is 3.00. The van der Waals surface area contributed by atoms with E-state index in [1.54, 1.807) is 0 Å². The Morgan fingerprint density at radius 3 is 0.872 bits per heavy atom. The second-order valence-corrected chi connectivity index (χ2v) is 13.5. The van der Waals surface area contributed by atoms with Crippen molar-refractivity contribution in [2.24, 2.45) is 0 Å². The fourth-order valence-corrected chi connectivity index (χ4v) is 9.36. The molecule has 0 bridgehead atoms. The Kier molecular flexibility index (Phi) is 7.92. The summed E-state index contributed by atoms with van der Waals surface area (Å²) >= 11 is 0. The van der Waals surface area contributed by atoms with Gasteiger partial charge in [-0.25, -0.2) is 0 Å². The molecule has 0 aromatic heterocycles. The number of rotatable bonds is 8. The van der Waals surface area contributed by atoms with Crippen LogP contribution in [0.15, 0.2) is 170 Å². The van der Waals surface area contributed by atoms with E-state index in [1.165, 1.54) is 31.8 Å². The van der Waals surface area contributed by atoms with Crippen LogP contribution >= 0.6 is 15.8 Å². The van der Waals surface area contributed by atoms with Crippen molar-refractivity contribution in [2.45, 2.75) is 0 Å². The summed E-state index contributed by atoms with van der Waals surface area (Å²) in [6.07, 6.45) is 0. The molecule has 0 fully saturated rings. The molecule has 0 atom stereocenters. The minimum absolute atomic E-state index is 0.691. The molecule has 0 amide bonds. The van der Waals surface area contributed by atoms with Gasteiger partial charge in [0.05, 0.1) is 0 Å². The fourth-order valence-electron chi connectivity index (χ4n) is 4.71. The van der Waals surface area contributed by atoms with Crippen molar-refractivity contribution in [1.82, 2.24) is 0 Å². The van der Waals surface area contributed by atoms with Crippen molar-refractivity contribution in [3.63, 3.8) is 0 Å². The SMILES string of the molecule is c1ccc(P(c2ccccc2)c2cccc(Oc3cccc(P(c4ccccc4)c4ccccc4)c3)c2)cc1. The highest BCUT2D eigenvalue weighted by Gasteiger charge is 2.18. The monoisotopic (exact) mass is 538 g/mol. The van der Waals surface area contributed by atoms with Crippen molar-refractivity contribution in [2.75, 3.05) is 0 Å². The Morgan fingerprint density at radius 1 is 0.282 bits per heavy atom. The highest BCUT2D eigenvalue weighted by atomic mass is 31.1. The first-order valence-corrected chi connectivity index (χ1v) is 15.7. The fraction of sp³-hybridized carbons (Fsp3) is 0. The van der Waals surface area contributed by atoms with E-state index >= 15 is 0 Å². The lowest BCUT2D eigenvalue weighted by atomic mass is 10.3. The maximum atomic E-state index is 6.52. The highest BCUT2D eigenvalue weighted by Crippen LogP contribution is 2.36. The summed E-state index contributed by atoms with van der Waals surface area (Å²) in [5, 5.41) is 7.85. The number of hydrogen-bond donors (Lipinski definition) is 0. The topological polar surface area (TPSA) is 9.23 Å². The van der Waals surface area contributed by atoms with Crippen LogP contribution in [0.2, 0.25) is 0 Å². The van der Waals surface area contributed by atoms with Gasteiger partial charge in [0.2, 0.25) is 0 Å². The van der Waals surface area contributed by atoms with Crippen molar-refractivity contribution in [3.05, 3.63) is 170 Å². The standard InChI is InChI=1S/C36H28OP2/c1-5-17-31(18-6-1)38(32-19-7-2-8-20-32)35-25-13-15-29(27-35)37-30-16-14-26-36(28-30)39(33-21-9-3-10-22-33)34-23-11-4-12-24-34/h1-28H. The molecule has 0 saturated heterocycles. The molecule has 3 heteroatoms. The van der Waals surface area contributed by atoms with E-state index in [0.717, 1.165) is 11.5 Å². The molecule has 6 rings (SSSR count). The van der Waals surface area contributed by atoms with Crippen molar-refractivity contribution in [3.8, 4) is 11.5 Å². The van der Waals surface area contributed by atoms with Crippen LogP contribution in [0.1, 0.15) is 0 Å². The summed E-state index contributed by atoms with van der Waals surface area (Å²) in [6.45, 7) is 0. The van der Waals surface area contributed by atoms with Gasteiger partial charge in [-0.05, 0) is 71.9 Å². The third-order valence-corrected chi connectivity index (χ3v) is 11.3. The Bertz CT molecular complexity index is 1420. The molecule has 0 N–H and O–H groups in total. The lowest BCUT2D eigenvalue weighted by Crippen LogP contribution is -2.20. The van der Waals surface area contributed by atoms with E-state index in [2.05, 4.69) is 170 Å². The zero-order chi connectivity index (χ0) is 26.3. The lowest BCUT2D eigenvalue weighted by molar-refractivity contribution is 0.483. The van der Waals surface area contributed by atoms with Crippen molar-refractivity contribution in [1.29, 1.82) is 0 Å². The molecular formula is C36H28OP2. The summed E-state index contributed by atoms with van der Waals surface area (Å²) in [7, 11) is -1.38. The third kappa shape index (κ3) is 6.02. The molecule has 39 heavy (non-hydrogen) atoms. The average molecular weight is 539 g/mol. The maximum absolute atomic E-state index is 6.52. The predicted octanol–water partition coefficient (Wildman–Crippen LogP) is 7.00. The molecular weight excluding hydrogens is 510 g/mol. The van der Waals surface area contributed by atoms with Gasteiger partial charge in [0.25, 0.3) is 0 Å². The Balaban J connectivity index is 1.34. The first kappa shape index (κ1) is 25.3. The second-order valence-electron chi connectivity index (χ2n) is 9.11. The van der Waals surface area contributed by atoms with Gasteiger partial charge in [-0.2, -0.15) is 0 Å². The van der Waals surface area contributed by atoms with Crippen molar-refractivity contribution < 1.29 is 4.74 Å². The molecule has 0 aliphatic rings. The maximum Gasteiger partial charge on any atom is 0.128 e. The molecule has 188 valence electrons. The normalized spacial score (nSPS) is 11.0. The first-order valence-electron chi connectivity index (χ1n) is 13.0. The summed E-state index contributed by atoms with van der Waals surface area (Å²) in [6, 6.07) is 60.3. The van der Waals surface area contributed by atoms with Crippen molar-refractivity contribution >= 4 is 47.7 Å². The molecule has 0 aliphatic carbocycles. The molecule has 0 radical (unpaired) electrons. The molecule has 0 heterocycles. The molecule has 1 nitrogen and oxygen atoms in total. The van der Waals surface area contributed by atoms with E-state index in [-0.39, 0.29) is 0 Å². The first-order chi connectivity index (χ1) is 19.3. The zero-order valence-corrected chi connectivity index (χ0v) is 23.3. The molecule has 0 unspecified atom stereocenters. The van der Waals surface area contributed by atoms with E-state index < -0.39 is 15.8 Å². The van der Waals surface area contributed by atoms with Gasteiger partial charge in [-0.1, -0.05) is 146 Å². The number of benzene rings is 6. The van der Waals surface area contributed by atoms with Crippen LogP contribution in [0.4, 0.5) is 0 Å². The summed E-state index contributed by atoms with van der Waals surface area (Å²) in [5.41, 5.74) is 0. The van der Waals surface area contributed by atoms with Crippen LogP contribution in [0.5, 0.6) is 11.5 Å². The van der Waals surface area contributed by atoms with Gasteiger partial charge >= 0.3 is 0 Å². The van der Waals surface area contributed by atoms with Gasteiger partial charge < -0.3 is 4.74 Å². The third-order valence-electron chi connectivity index (χ3n) is 6.44. The summed E-state index contributed by atoms with van der Waals surface area (Å²) < 4.78 is 6.52. The number of hydrogen-bond acceptors (Lipinski definition) is 1. The van der Waals surface area contributed by atoms with Gasteiger partial charge in [-0.15, -0.1) is 0 Å². The highest BCUT2D eigenvalue weighted by molar-refractivity contribution is 7.80. The molecule has 0 spiro atoms. The smallest absolute Gasteiger partial charge is 0.128 e.